The number of aryl methyl sites for hydroxylation is 1. The van der Waals surface area contributed by atoms with Crippen LogP contribution in [0, 0.1) is 6.92 Å². The fourth-order valence-electron chi connectivity index (χ4n) is 3.50. The van der Waals surface area contributed by atoms with Crippen molar-refractivity contribution in [3.05, 3.63) is 29.8 Å². The zero-order valence-electron chi connectivity index (χ0n) is 11.7. The van der Waals surface area contributed by atoms with Gasteiger partial charge in [0.1, 0.15) is 0 Å². The van der Waals surface area contributed by atoms with Gasteiger partial charge in [0.25, 0.3) is 0 Å². The molecule has 104 valence electrons. The van der Waals surface area contributed by atoms with Crippen LogP contribution < -0.4 is 0 Å². The Kier molecular flexibility index (Phi) is 4.04. The Hall–Kier alpha value is -0.670. The van der Waals surface area contributed by atoms with Gasteiger partial charge in [-0.25, -0.2) is 0 Å². The van der Waals surface area contributed by atoms with Gasteiger partial charge >= 0.3 is 0 Å². The molecule has 0 aliphatic carbocycles. The summed E-state index contributed by atoms with van der Waals surface area (Å²) in [5.41, 5.74) is 1.24. The van der Waals surface area contributed by atoms with Crippen LogP contribution in [-0.4, -0.2) is 33.5 Å². The molecule has 3 rings (SSSR count). The van der Waals surface area contributed by atoms with Gasteiger partial charge in [-0.2, -0.15) is 0 Å². The maximum Gasteiger partial charge on any atom is 0.0576 e. The lowest BCUT2D eigenvalue weighted by Gasteiger charge is -2.43. The second-order valence-electron chi connectivity index (χ2n) is 5.89. The van der Waals surface area contributed by atoms with Crippen molar-refractivity contribution < 1.29 is 4.21 Å². The normalized spacial score (nSPS) is 29.7. The predicted molar refractivity (Wildman–Crippen MR) is 79.8 cm³/mol. The molecule has 3 heteroatoms. The van der Waals surface area contributed by atoms with E-state index in [-0.39, 0.29) is 0 Å². The van der Waals surface area contributed by atoms with Gasteiger partial charge in [0.05, 0.1) is 16.0 Å². The average Bonchev–Trinajstić information content (AvgIpc) is 2.47. The van der Waals surface area contributed by atoms with E-state index >= 15 is 0 Å². The Bertz CT molecular complexity index is 454. The van der Waals surface area contributed by atoms with Crippen LogP contribution in [0.1, 0.15) is 37.7 Å². The van der Waals surface area contributed by atoms with Gasteiger partial charge in [0.2, 0.25) is 0 Å². The topological polar surface area (TPSA) is 20.3 Å². The molecular formula is C16H23NOS. The summed E-state index contributed by atoms with van der Waals surface area (Å²) < 4.78 is 12.9. The minimum Gasteiger partial charge on any atom is -0.299 e. The molecule has 0 amide bonds. The number of benzene rings is 1. The first kappa shape index (κ1) is 13.3. The fourth-order valence-corrected chi connectivity index (χ4v) is 5.23. The van der Waals surface area contributed by atoms with Crippen LogP contribution in [0.15, 0.2) is 29.2 Å². The highest BCUT2D eigenvalue weighted by Crippen LogP contribution is 2.31. The molecule has 0 saturated carbocycles. The molecule has 2 heterocycles. The van der Waals surface area contributed by atoms with Gasteiger partial charge in [0.15, 0.2) is 0 Å². The zero-order chi connectivity index (χ0) is 13.2. The third-order valence-corrected chi connectivity index (χ3v) is 6.39. The second-order valence-corrected chi connectivity index (χ2v) is 7.56. The van der Waals surface area contributed by atoms with E-state index < -0.39 is 10.8 Å². The fraction of sp³-hybridized carbons (Fsp3) is 0.625. The van der Waals surface area contributed by atoms with Crippen LogP contribution in [0.4, 0.5) is 0 Å². The molecule has 1 unspecified atom stereocenters. The number of fused-ring (bicyclic) bond motifs is 1. The lowest BCUT2D eigenvalue weighted by Crippen LogP contribution is -2.51. The summed E-state index contributed by atoms with van der Waals surface area (Å²) in [4.78, 5) is 3.60. The van der Waals surface area contributed by atoms with Gasteiger partial charge in [-0.15, -0.1) is 0 Å². The van der Waals surface area contributed by atoms with E-state index in [1.54, 1.807) is 0 Å². The van der Waals surface area contributed by atoms with Crippen LogP contribution >= 0.6 is 0 Å². The summed E-state index contributed by atoms with van der Waals surface area (Å²) >= 11 is 0. The quantitative estimate of drug-likeness (QED) is 0.828. The van der Waals surface area contributed by atoms with Gasteiger partial charge in [-0.1, -0.05) is 24.1 Å². The number of rotatable bonds is 2. The van der Waals surface area contributed by atoms with Crippen molar-refractivity contribution in [1.29, 1.82) is 0 Å². The average molecular weight is 277 g/mol. The summed E-state index contributed by atoms with van der Waals surface area (Å²) in [6.07, 6.45) is 6.20. The third kappa shape index (κ3) is 2.77. The van der Waals surface area contributed by atoms with Crippen molar-refractivity contribution in [2.75, 3.05) is 13.1 Å². The summed E-state index contributed by atoms with van der Waals surface area (Å²) in [6, 6.07) is 8.81. The van der Waals surface area contributed by atoms with E-state index in [1.807, 2.05) is 12.1 Å². The highest BCUT2D eigenvalue weighted by atomic mass is 32.2. The van der Waals surface area contributed by atoms with E-state index in [0.29, 0.717) is 11.3 Å². The molecule has 1 aromatic rings. The molecule has 2 fully saturated rings. The number of nitrogens with zero attached hydrogens (tertiary/aromatic N) is 1. The maximum absolute atomic E-state index is 12.9. The first-order chi connectivity index (χ1) is 9.25. The van der Waals surface area contributed by atoms with Crippen LogP contribution in [0.25, 0.3) is 0 Å². The first-order valence-corrected chi connectivity index (χ1v) is 8.68. The van der Waals surface area contributed by atoms with Crippen molar-refractivity contribution in [1.82, 2.24) is 4.90 Å². The van der Waals surface area contributed by atoms with Gasteiger partial charge in [-0.3, -0.25) is 9.11 Å². The van der Waals surface area contributed by atoms with Gasteiger partial charge in [-0.05, 0) is 57.8 Å². The highest BCUT2D eigenvalue weighted by molar-refractivity contribution is 7.85. The number of hydrogen-bond donors (Lipinski definition) is 0. The van der Waals surface area contributed by atoms with E-state index in [2.05, 4.69) is 24.0 Å². The smallest absolute Gasteiger partial charge is 0.0576 e. The van der Waals surface area contributed by atoms with E-state index in [1.165, 1.54) is 44.3 Å². The summed E-state index contributed by atoms with van der Waals surface area (Å²) in [5, 5.41) is 0.344. The Morgan fingerprint density at radius 2 is 1.79 bits per heavy atom. The molecular weight excluding hydrogens is 254 g/mol. The molecule has 2 saturated heterocycles. The maximum atomic E-state index is 12.9. The molecule has 0 spiro atoms. The highest BCUT2D eigenvalue weighted by Gasteiger charge is 2.36. The molecule has 0 aromatic heterocycles. The van der Waals surface area contributed by atoms with Crippen molar-refractivity contribution in [2.24, 2.45) is 0 Å². The van der Waals surface area contributed by atoms with Crippen LogP contribution in [0.3, 0.4) is 0 Å². The second kappa shape index (κ2) is 5.76. The number of hydrogen-bond acceptors (Lipinski definition) is 2. The Labute approximate surface area is 118 Å². The summed E-state index contributed by atoms with van der Waals surface area (Å²) in [5.74, 6) is 0. The molecule has 2 aliphatic heterocycles. The predicted octanol–water partition coefficient (Wildman–Crippen LogP) is 3.12. The molecule has 0 bridgehead atoms. The molecule has 0 radical (unpaired) electrons. The molecule has 3 atom stereocenters. The third-order valence-electron chi connectivity index (χ3n) is 4.56. The summed E-state index contributed by atoms with van der Waals surface area (Å²) in [6.45, 7) is 4.51. The van der Waals surface area contributed by atoms with Crippen LogP contribution in [0.2, 0.25) is 0 Å². The molecule has 0 N–H and O–H groups in total. The summed E-state index contributed by atoms with van der Waals surface area (Å²) in [7, 11) is -0.838. The van der Waals surface area contributed by atoms with Crippen molar-refractivity contribution in [3.63, 3.8) is 0 Å². The Morgan fingerprint density at radius 1 is 1.05 bits per heavy atom. The lowest BCUT2D eigenvalue weighted by atomic mass is 9.93. The van der Waals surface area contributed by atoms with Crippen LogP contribution in [0.5, 0.6) is 0 Å². The lowest BCUT2D eigenvalue weighted by molar-refractivity contribution is 0.113. The monoisotopic (exact) mass is 277 g/mol. The Balaban J connectivity index is 1.79. The standard InChI is InChI=1S/C16H23NOS/c1-13-7-9-14(10-8-13)19(18)16-6-4-12-17-11-3-2-5-15(16)17/h7-10,15-16H,2-6,11-12H2,1H3/t15-,16+,19?/m1/s1. The minimum atomic E-state index is -0.838. The largest absolute Gasteiger partial charge is 0.299 e. The minimum absolute atomic E-state index is 0.344. The van der Waals surface area contributed by atoms with Gasteiger partial charge < -0.3 is 0 Å². The Morgan fingerprint density at radius 3 is 2.58 bits per heavy atom. The van der Waals surface area contributed by atoms with E-state index in [4.69, 9.17) is 0 Å². The van der Waals surface area contributed by atoms with Crippen molar-refractivity contribution >= 4 is 10.8 Å². The SMILES string of the molecule is Cc1ccc(S(=O)[C@H]2CCCN3CCCC[C@H]23)cc1. The number of piperidine rings is 2. The molecule has 2 nitrogen and oxygen atoms in total. The molecule has 2 aliphatic rings. The van der Waals surface area contributed by atoms with Crippen molar-refractivity contribution in [2.45, 2.75) is 55.2 Å². The first-order valence-electron chi connectivity index (χ1n) is 7.47. The van der Waals surface area contributed by atoms with E-state index in [9.17, 15) is 4.21 Å². The van der Waals surface area contributed by atoms with Gasteiger partial charge in [0, 0.05) is 10.9 Å². The van der Waals surface area contributed by atoms with Crippen molar-refractivity contribution in [3.8, 4) is 0 Å². The van der Waals surface area contributed by atoms with Crippen LogP contribution in [-0.2, 0) is 10.8 Å². The molecule has 19 heavy (non-hydrogen) atoms. The molecule has 1 aromatic carbocycles. The van der Waals surface area contributed by atoms with E-state index in [0.717, 1.165) is 11.3 Å². The zero-order valence-corrected chi connectivity index (χ0v) is 12.5.